The van der Waals surface area contributed by atoms with Crippen molar-refractivity contribution in [2.45, 2.75) is 51.2 Å². The first-order chi connectivity index (χ1) is 18.0. The number of rotatable bonds is 5. The van der Waals surface area contributed by atoms with Crippen LogP contribution < -0.4 is 10.3 Å². The molecule has 6 rings (SSSR count). The summed E-state index contributed by atoms with van der Waals surface area (Å²) in [5, 5.41) is 14.6. The molecule has 1 unspecified atom stereocenters. The zero-order chi connectivity index (χ0) is 25.4. The van der Waals surface area contributed by atoms with Crippen LogP contribution in [0.5, 0.6) is 0 Å². The number of fused-ring (bicyclic) bond motifs is 1. The van der Waals surface area contributed by atoms with E-state index in [4.69, 9.17) is 9.84 Å². The Hall–Kier alpha value is -2.82. The van der Waals surface area contributed by atoms with Gasteiger partial charge in [-0.3, -0.25) is 4.79 Å². The van der Waals surface area contributed by atoms with Crippen molar-refractivity contribution in [1.82, 2.24) is 24.8 Å². The quantitative estimate of drug-likeness (QED) is 0.503. The molecule has 0 saturated carbocycles. The third-order valence-electron chi connectivity index (χ3n) is 7.81. The Morgan fingerprint density at radius 1 is 1.08 bits per heavy atom. The van der Waals surface area contributed by atoms with Gasteiger partial charge in [0, 0.05) is 49.7 Å². The van der Waals surface area contributed by atoms with E-state index in [1.54, 1.807) is 23.1 Å². The topological polar surface area (TPSA) is 87.4 Å². The van der Waals surface area contributed by atoms with Crippen LogP contribution in [-0.2, 0) is 4.74 Å². The van der Waals surface area contributed by atoms with E-state index in [2.05, 4.69) is 67.4 Å². The number of aryl methyl sites for hydroxylation is 1. The molecule has 5 heterocycles. The number of amides is 1. The second-order valence-corrected chi connectivity index (χ2v) is 11.1. The van der Waals surface area contributed by atoms with E-state index >= 15 is 0 Å². The molecule has 0 spiro atoms. The number of aromatic nitrogens is 3. The maximum atomic E-state index is 13.4. The van der Waals surface area contributed by atoms with Crippen LogP contribution in [0, 0.1) is 12.8 Å². The van der Waals surface area contributed by atoms with Gasteiger partial charge in [-0.1, -0.05) is 17.7 Å². The highest BCUT2D eigenvalue weighted by molar-refractivity contribution is 9.10. The summed E-state index contributed by atoms with van der Waals surface area (Å²) in [5.41, 5.74) is 4.33. The van der Waals surface area contributed by atoms with Gasteiger partial charge in [-0.25, -0.2) is 14.5 Å². The first kappa shape index (κ1) is 24.5. The fourth-order valence-corrected chi connectivity index (χ4v) is 6.01. The number of hydrogen-bond acceptors (Lipinski definition) is 7. The average molecular weight is 567 g/mol. The second kappa shape index (κ2) is 10.5. The molecule has 3 aliphatic rings. The highest BCUT2D eigenvalue weighted by Crippen LogP contribution is 2.31. The number of carbonyl (C=O) groups excluding carboxylic acids is 1. The summed E-state index contributed by atoms with van der Waals surface area (Å²) < 4.78 is 7.97. The largest absolute Gasteiger partial charge is 0.381 e. The standard InChI is InChI=1S/C27H32BrN7O2/c1-18-2-4-22(5-3-18)35-25(31-27(36)23-16-30-34-17-20(28)15-29-26(23)34)14-24(32-35)19-6-10-33(11-7-19)21-8-12-37-13-9-21/h2-5,15-17,19,21,25H,6-14H2,1H3,(H,31,36). The molecular formula is C27H32BrN7O2. The molecule has 1 atom stereocenters. The van der Waals surface area contributed by atoms with Crippen LogP contribution in [0.3, 0.4) is 0 Å². The Morgan fingerprint density at radius 2 is 1.84 bits per heavy atom. The number of hydrazone groups is 1. The molecule has 194 valence electrons. The normalized spacial score (nSPS) is 21.9. The number of likely N-dealkylation sites (tertiary alicyclic amines) is 1. The monoisotopic (exact) mass is 565 g/mol. The molecule has 2 saturated heterocycles. The molecule has 2 aromatic heterocycles. The summed E-state index contributed by atoms with van der Waals surface area (Å²) in [6.07, 6.45) is 9.97. The second-order valence-electron chi connectivity index (χ2n) is 10.2. The van der Waals surface area contributed by atoms with Gasteiger partial charge < -0.3 is 15.0 Å². The van der Waals surface area contributed by atoms with Gasteiger partial charge in [-0.2, -0.15) is 10.2 Å². The Balaban J connectivity index is 1.19. The smallest absolute Gasteiger partial charge is 0.258 e. The molecule has 1 N–H and O–H groups in total. The number of halogens is 1. The van der Waals surface area contributed by atoms with Crippen molar-refractivity contribution >= 4 is 38.9 Å². The summed E-state index contributed by atoms with van der Waals surface area (Å²) in [6.45, 7) is 6.02. The number of hydrogen-bond donors (Lipinski definition) is 1. The lowest BCUT2D eigenvalue weighted by atomic mass is 9.89. The zero-order valence-electron chi connectivity index (χ0n) is 21.0. The first-order valence-corrected chi connectivity index (χ1v) is 13.9. The van der Waals surface area contributed by atoms with Gasteiger partial charge in [0.1, 0.15) is 11.7 Å². The van der Waals surface area contributed by atoms with Crippen LogP contribution in [0.2, 0.25) is 0 Å². The summed E-state index contributed by atoms with van der Waals surface area (Å²) in [5.74, 6) is 0.236. The maximum Gasteiger partial charge on any atom is 0.258 e. The van der Waals surface area contributed by atoms with Crippen molar-refractivity contribution in [2.24, 2.45) is 11.0 Å². The Kier molecular flexibility index (Phi) is 6.96. The fourth-order valence-electron chi connectivity index (χ4n) is 5.72. The van der Waals surface area contributed by atoms with Gasteiger partial charge >= 0.3 is 0 Å². The van der Waals surface area contributed by atoms with Gasteiger partial charge in [0.2, 0.25) is 0 Å². The van der Waals surface area contributed by atoms with Gasteiger partial charge in [-0.05, 0) is 73.8 Å². The molecule has 0 radical (unpaired) electrons. The number of nitrogens with zero attached hydrogens (tertiary/aromatic N) is 6. The molecule has 3 aromatic rings. The lowest BCUT2D eigenvalue weighted by molar-refractivity contribution is 0.0245. The van der Waals surface area contributed by atoms with Crippen LogP contribution in [-0.4, -0.2) is 69.6 Å². The number of ether oxygens (including phenoxy) is 1. The van der Waals surface area contributed by atoms with E-state index in [1.165, 1.54) is 11.3 Å². The predicted octanol–water partition coefficient (Wildman–Crippen LogP) is 4.01. The van der Waals surface area contributed by atoms with Crippen LogP contribution in [0.15, 0.2) is 52.4 Å². The lowest BCUT2D eigenvalue weighted by Crippen LogP contribution is -2.45. The minimum atomic E-state index is -0.260. The molecule has 1 aromatic carbocycles. The van der Waals surface area contributed by atoms with Crippen molar-refractivity contribution in [1.29, 1.82) is 0 Å². The third kappa shape index (κ3) is 5.15. The predicted molar refractivity (Wildman–Crippen MR) is 146 cm³/mol. The number of carbonyl (C=O) groups is 1. The average Bonchev–Trinajstić information content (AvgIpc) is 3.54. The van der Waals surface area contributed by atoms with Crippen molar-refractivity contribution < 1.29 is 9.53 Å². The van der Waals surface area contributed by atoms with E-state index in [0.29, 0.717) is 29.6 Å². The Bertz CT molecular complexity index is 1290. The zero-order valence-corrected chi connectivity index (χ0v) is 22.6. The van der Waals surface area contributed by atoms with Crippen molar-refractivity contribution in [3.63, 3.8) is 0 Å². The highest BCUT2D eigenvalue weighted by atomic mass is 79.9. The summed E-state index contributed by atoms with van der Waals surface area (Å²) >= 11 is 3.40. The first-order valence-electron chi connectivity index (χ1n) is 13.1. The van der Waals surface area contributed by atoms with Crippen LogP contribution >= 0.6 is 15.9 Å². The minimum Gasteiger partial charge on any atom is -0.381 e. The SMILES string of the molecule is Cc1ccc(N2N=C(C3CCN(C4CCOCC4)CC3)CC2NC(=O)c2cnn3cc(Br)cnc23)cc1. The lowest BCUT2D eigenvalue weighted by Gasteiger charge is -2.39. The molecular weight excluding hydrogens is 534 g/mol. The van der Waals surface area contributed by atoms with Crippen molar-refractivity contribution in [2.75, 3.05) is 31.3 Å². The summed E-state index contributed by atoms with van der Waals surface area (Å²) in [6, 6.07) is 8.96. The van der Waals surface area contributed by atoms with Gasteiger partial charge in [0.05, 0.1) is 16.4 Å². The number of anilines is 1. The van der Waals surface area contributed by atoms with Crippen LogP contribution in [0.1, 0.15) is 48.0 Å². The number of nitrogens with one attached hydrogen (secondary N) is 1. The molecule has 10 heteroatoms. The third-order valence-corrected chi connectivity index (χ3v) is 8.22. The summed E-state index contributed by atoms with van der Waals surface area (Å²) in [4.78, 5) is 20.4. The van der Waals surface area contributed by atoms with Crippen molar-refractivity contribution in [3.8, 4) is 0 Å². The van der Waals surface area contributed by atoms with E-state index in [-0.39, 0.29) is 12.1 Å². The number of piperidine rings is 1. The van der Waals surface area contributed by atoms with Crippen LogP contribution in [0.4, 0.5) is 5.69 Å². The van der Waals surface area contributed by atoms with E-state index < -0.39 is 0 Å². The molecule has 2 fully saturated rings. The molecule has 37 heavy (non-hydrogen) atoms. The molecule has 3 aliphatic heterocycles. The minimum absolute atomic E-state index is 0.197. The Labute approximate surface area is 225 Å². The van der Waals surface area contributed by atoms with Gasteiger partial charge in [0.25, 0.3) is 5.91 Å². The van der Waals surface area contributed by atoms with E-state index in [0.717, 1.165) is 62.1 Å². The molecule has 0 bridgehead atoms. The molecule has 1 amide bonds. The maximum absolute atomic E-state index is 13.4. The fraction of sp³-hybridized carbons (Fsp3) is 0.481. The van der Waals surface area contributed by atoms with Crippen LogP contribution in [0.25, 0.3) is 5.65 Å². The Morgan fingerprint density at radius 3 is 2.59 bits per heavy atom. The molecule has 0 aliphatic carbocycles. The van der Waals surface area contributed by atoms with Crippen molar-refractivity contribution in [3.05, 3.63) is 58.5 Å². The highest BCUT2D eigenvalue weighted by Gasteiger charge is 2.36. The number of benzene rings is 1. The molecule has 9 nitrogen and oxygen atoms in total. The van der Waals surface area contributed by atoms with E-state index in [1.807, 2.05) is 5.01 Å². The summed E-state index contributed by atoms with van der Waals surface area (Å²) in [7, 11) is 0. The van der Waals surface area contributed by atoms with E-state index in [9.17, 15) is 4.79 Å². The van der Waals surface area contributed by atoms with Gasteiger partial charge in [-0.15, -0.1) is 0 Å². The van der Waals surface area contributed by atoms with Gasteiger partial charge in [0.15, 0.2) is 5.65 Å².